The lowest BCUT2D eigenvalue weighted by molar-refractivity contribution is -0.687. The summed E-state index contributed by atoms with van der Waals surface area (Å²) in [5, 5.41) is 4.63. The third-order valence-corrected chi connectivity index (χ3v) is 9.71. The fourth-order valence-electron chi connectivity index (χ4n) is 6.57. The Morgan fingerprint density at radius 2 is 1.41 bits per heavy atom. The predicted molar refractivity (Wildman–Crippen MR) is 171 cm³/mol. The average molecular weight is 601 g/mol. The highest BCUT2D eigenvalue weighted by Gasteiger charge is 2.41. The monoisotopic (exact) mass is 600 g/mol. The van der Waals surface area contributed by atoms with Crippen LogP contribution in [0.4, 0.5) is 0 Å². The van der Waals surface area contributed by atoms with Crippen LogP contribution in [0.15, 0.2) is 96.8 Å². The Morgan fingerprint density at radius 3 is 2.05 bits per heavy atom. The lowest BCUT2D eigenvalue weighted by Gasteiger charge is -2.21. The molecule has 0 unspecified atom stereocenters. The Balaban J connectivity index is 1.25. The molecule has 0 amide bonds. The lowest BCUT2D eigenvalue weighted by Crippen LogP contribution is -2.36. The number of nitrogens with zero attached hydrogens (tertiary/aromatic N) is 2. The minimum Gasteiger partial charge on any atom is -0.465 e. The quantitative estimate of drug-likeness (QED) is 0.160. The molecular weight excluding hydrogens is 568 g/mol. The van der Waals surface area contributed by atoms with Crippen molar-refractivity contribution in [2.75, 3.05) is 14.2 Å². The van der Waals surface area contributed by atoms with Crippen molar-refractivity contribution in [3.05, 3.63) is 130 Å². The van der Waals surface area contributed by atoms with Gasteiger partial charge in [0.15, 0.2) is 31.7 Å². The molecule has 7 rings (SSSR count). The highest BCUT2D eigenvalue weighted by Crippen LogP contribution is 2.53. The van der Waals surface area contributed by atoms with Gasteiger partial charge in [0.05, 0.1) is 25.3 Å². The summed E-state index contributed by atoms with van der Waals surface area (Å²) in [5.74, 6) is -0.652. The largest absolute Gasteiger partial charge is 0.465 e. The van der Waals surface area contributed by atoms with Crippen LogP contribution >= 0.6 is 11.3 Å². The molecule has 3 aromatic heterocycles. The van der Waals surface area contributed by atoms with E-state index in [2.05, 4.69) is 71.2 Å². The maximum atomic E-state index is 11.9. The molecule has 3 aromatic carbocycles. The van der Waals surface area contributed by atoms with Crippen LogP contribution in [0.25, 0.3) is 32.1 Å². The number of carbonyl (C=O) groups excluding carboxylic acids is 2. The fourth-order valence-corrected chi connectivity index (χ4v) is 7.55. The van der Waals surface area contributed by atoms with E-state index < -0.39 is 0 Å². The number of benzene rings is 3. The van der Waals surface area contributed by atoms with E-state index in [1.165, 1.54) is 57.5 Å². The molecular formula is C37H32N2O4S+2. The number of methoxy groups -OCH3 is 2. The van der Waals surface area contributed by atoms with Crippen molar-refractivity contribution in [1.82, 2.24) is 0 Å². The Labute approximate surface area is 259 Å². The minimum atomic E-state index is -0.327. The van der Waals surface area contributed by atoms with Crippen LogP contribution in [0.3, 0.4) is 0 Å². The van der Waals surface area contributed by atoms with E-state index in [9.17, 15) is 9.59 Å². The van der Waals surface area contributed by atoms with Crippen LogP contribution in [0.1, 0.15) is 56.8 Å². The first-order valence-corrected chi connectivity index (χ1v) is 15.4. The number of rotatable bonds is 6. The van der Waals surface area contributed by atoms with Gasteiger partial charge in [-0.1, -0.05) is 44.2 Å². The molecule has 6 nitrogen and oxygen atoms in total. The van der Waals surface area contributed by atoms with E-state index in [1.807, 2.05) is 48.5 Å². The highest BCUT2D eigenvalue weighted by molar-refractivity contribution is 7.17. The number of carbonyl (C=O) groups is 2. The van der Waals surface area contributed by atoms with E-state index in [0.29, 0.717) is 24.2 Å². The van der Waals surface area contributed by atoms with Crippen molar-refractivity contribution in [1.29, 1.82) is 0 Å². The van der Waals surface area contributed by atoms with E-state index in [1.54, 1.807) is 11.3 Å². The molecule has 1 aliphatic rings. The molecule has 218 valence electrons. The molecule has 44 heavy (non-hydrogen) atoms. The van der Waals surface area contributed by atoms with Crippen LogP contribution < -0.4 is 9.13 Å². The molecule has 0 aliphatic heterocycles. The zero-order chi connectivity index (χ0) is 30.6. The average Bonchev–Trinajstić information content (AvgIpc) is 3.62. The zero-order valence-electron chi connectivity index (χ0n) is 25.1. The van der Waals surface area contributed by atoms with Gasteiger partial charge in [0.25, 0.3) is 0 Å². The zero-order valence-corrected chi connectivity index (χ0v) is 25.9. The number of thiophene rings is 1. The molecule has 0 fully saturated rings. The van der Waals surface area contributed by atoms with Crippen molar-refractivity contribution in [3.63, 3.8) is 0 Å². The second-order valence-corrected chi connectivity index (χ2v) is 12.7. The van der Waals surface area contributed by atoms with Crippen molar-refractivity contribution < 1.29 is 28.2 Å². The summed E-state index contributed by atoms with van der Waals surface area (Å²) in [4.78, 5) is 23.7. The van der Waals surface area contributed by atoms with Crippen LogP contribution in [0, 0.1) is 0 Å². The molecule has 0 saturated carbocycles. The van der Waals surface area contributed by atoms with Crippen LogP contribution in [0.2, 0.25) is 0 Å². The van der Waals surface area contributed by atoms with Gasteiger partial charge in [0.2, 0.25) is 5.52 Å². The van der Waals surface area contributed by atoms with Crippen LogP contribution in [0.5, 0.6) is 0 Å². The van der Waals surface area contributed by atoms with Gasteiger partial charge >= 0.3 is 11.9 Å². The summed E-state index contributed by atoms with van der Waals surface area (Å²) in [6, 6.07) is 24.2. The van der Waals surface area contributed by atoms with E-state index in [0.717, 1.165) is 11.1 Å². The molecule has 0 radical (unpaired) electrons. The third-order valence-electron chi connectivity index (χ3n) is 8.79. The molecule has 1 aliphatic carbocycles. The highest BCUT2D eigenvalue weighted by atomic mass is 32.1. The van der Waals surface area contributed by atoms with E-state index in [-0.39, 0.29) is 17.4 Å². The van der Waals surface area contributed by atoms with Crippen LogP contribution in [-0.2, 0) is 28.0 Å². The number of aromatic nitrogens is 2. The van der Waals surface area contributed by atoms with E-state index >= 15 is 0 Å². The summed E-state index contributed by atoms with van der Waals surface area (Å²) in [5.41, 5.74) is 9.66. The maximum Gasteiger partial charge on any atom is 0.337 e. The van der Waals surface area contributed by atoms with Gasteiger partial charge in [0, 0.05) is 45.2 Å². The topological polar surface area (TPSA) is 60.4 Å². The SMILES string of the molecule is COC(=O)c1ccc(C[n+]2ccc3c4c(ccc3c2)-c2c(c[n+](Cc3ccc(C(=O)OC)cc3)c3ccsc23)C4(C)C)cc1. The molecule has 0 N–H and O–H groups in total. The third kappa shape index (κ3) is 4.55. The first-order chi connectivity index (χ1) is 21.3. The lowest BCUT2D eigenvalue weighted by atomic mass is 9.81. The number of hydrogen-bond acceptors (Lipinski definition) is 5. The summed E-state index contributed by atoms with van der Waals surface area (Å²) >= 11 is 1.79. The summed E-state index contributed by atoms with van der Waals surface area (Å²) < 4.78 is 15.5. The van der Waals surface area contributed by atoms with Gasteiger partial charge in [-0.3, -0.25) is 0 Å². The van der Waals surface area contributed by atoms with Gasteiger partial charge in [-0.05, 0) is 52.2 Å². The number of esters is 2. The summed E-state index contributed by atoms with van der Waals surface area (Å²) in [7, 11) is 2.80. The number of ether oxygens (including phenoxy) is 2. The van der Waals surface area contributed by atoms with Gasteiger partial charge < -0.3 is 9.47 Å². The number of hydrogen-bond donors (Lipinski definition) is 0. The molecule has 0 atom stereocenters. The normalized spacial score (nSPS) is 13.1. The van der Waals surface area contributed by atoms with Gasteiger partial charge in [0.1, 0.15) is 4.70 Å². The first-order valence-electron chi connectivity index (χ1n) is 14.5. The Bertz CT molecular complexity index is 2090. The summed E-state index contributed by atoms with van der Waals surface area (Å²) in [6.07, 6.45) is 6.68. The molecule has 0 bridgehead atoms. The van der Waals surface area contributed by atoms with E-state index in [4.69, 9.17) is 9.47 Å². The van der Waals surface area contributed by atoms with Crippen LogP contribution in [-0.4, -0.2) is 26.2 Å². The van der Waals surface area contributed by atoms with Crippen molar-refractivity contribution in [2.24, 2.45) is 0 Å². The van der Waals surface area contributed by atoms with Gasteiger partial charge in [-0.2, -0.15) is 4.57 Å². The second kappa shape index (κ2) is 10.7. The van der Waals surface area contributed by atoms with Gasteiger partial charge in [-0.15, -0.1) is 11.3 Å². The van der Waals surface area contributed by atoms with Crippen molar-refractivity contribution >= 4 is 44.3 Å². The Kier molecular flexibility index (Phi) is 6.78. The number of fused-ring (bicyclic) bond motifs is 7. The second-order valence-electron chi connectivity index (χ2n) is 11.8. The predicted octanol–water partition coefficient (Wildman–Crippen LogP) is 6.61. The minimum absolute atomic E-state index is 0.200. The van der Waals surface area contributed by atoms with Crippen molar-refractivity contribution in [3.8, 4) is 11.1 Å². The molecule has 0 saturated heterocycles. The maximum absolute atomic E-state index is 11.9. The smallest absolute Gasteiger partial charge is 0.337 e. The standard InChI is InChI=1S/C37H32N2O4S/c1-37(2)30-22-39(20-24-7-11-26(12-8-24)36(41)43-4)31-16-18-44-34(31)32(30)29-14-13-27-21-38(17-15-28(27)33(29)37)19-23-5-9-25(10-6-23)35(40)42-3/h5-18,21-22H,19-20H2,1-4H3/q+2. The molecule has 6 aromatic rings. The molecule has 3 heterocycles. The molecule has 0 spiro atoms. The Morgan fingerprint density at radius 1 is 0.773 bits per heavy atom. The summed E-state index contributed by atoms with van der Waals surface area (Å²) in [6.45, 7) is 6.07. The Hall–Kier alpha value is -4.88. The first kappa shape index (κ1) is 27.9. The molecule has 7 heteroatoms. The van der Waals surface area contributed by atoms with Crippen molar-refractivity contribution in [2.45, 2.75) is 32.4 Å². The number of pyridine rings is 2. The van der Waals surface area contributed by atoms with Gasteiger partial charge in [-0.25, -0.2) is 14.2 Å². The fraction of sp³-hybridized carbons (Fsp3) is 0.189.